The van der Waals surface area contributed by atoms with E-state index in [1.54, 1.807) is 13.3 Å². The minimum absolute atomic E-state index is 0.647. The van der Waals surface area contributed by atoms with Gasteiger partial charge in [0.05, 0.1) is 19.3 Å². The molecule has 4 nitrogen and oxygen atoms in total. The molecular weight excluding hydrogens is 262 g/mol. The van der Waals surface area contributed by atoms with Crippen LogP contribution in [0.25, 0.3) is 10.9 Å². The highest BCUT2D eigenvalue weighted by Gasteiger charge is 2.07. The molecule has 0 radical (unpaired) electrons. The Morgan fingerprint density at radius 1 is 1.14 bits per heavy atom. The number of benzene rings is 1. The number of pyridine rings is 2. The first kappa shape index (κ1) is 13.4. The molecule has 2 heterocycles. The molecule has 0 bridgehead atoms. The molecular formula is C17H17N3O. The molecule has 0 aliphatic rings. The Balaban J connectivity index is 1.92. The van der Waals surface area contributed by atoms with Crippen LogP contribution < -0.4 is 10.1 Å². The fourth-order valence-corrected chi connectivity index (χ4v) is 2.33. The Kier molecular flexibility index (Phi) is 3.69. The molecule has 0 amide bonds. The molecule has 0 saturated heterocycles. The Morgan fingerprint density at radius 2 is 2.05 bits per heavy atom. The molecule has 0 spiro atoms. The highest BCUT2D eigenvalue weighted by Crippen LogP contribution is 2.27. The van der Waals surface area contributed by atoms with Crippen LogP contribution in [0.2, 0.25) is 0 Å². The number of rotatable bonds is 4. The summed E-state index contributed by atoms with van der Waals surface area (Å²) < 4.78 is 5.40. The summed E-state index contributed by atoms with van der Waals surface area (Å²) in [6.45, 7) is 2.73. The fraction of sp³-hybridized carbons (Fsp3) is 0.176. The maximum atomic E-state index is 5.40. The number of nitrogens with one attached hydrogen (secondary N) is 1. The Bertz CT molecular complexity index is 757. The maximum Gasteiger partial charge on any atom is 0.145 e. The van der Waals surface area contributed by atoms with Crippen LogP contribution in [-0.2, 0) is 6.54 Å². The summed E-state index contributed by atoms with van der Waals surface area (Å²) >= 11 is 0. The first-order chi connectivity index (χ1) is 10.3. The average Bonchev–Trinajstić information content (AvgIpc) is 2.53. The quantitative estimate of drug-likeness (QED) is 0.793. The fourth-order valence-electron chi connectivity index (χ4n) is 2.33. The summed E-state index contributed by atoms with van der Waals surface area (Å²) in [6.07, 6.45) is 1.79. The monoisotopic (exact) mass is 279 g/mol. The highest BCUT2D eigenvalue weighted by atomic mass is 16.5. The molecule has 0 saturated carbocycles. The number of anilines is 1. The lowest BCUT2D eigenvalue weighted by molar-refractivity contribution is 0.419. The largest absolute Gasteiger partial charge is 0.494 e. The maximum absolute atomic E-state index is 5.40. The van der Waals surface area contributed by atoms with E-state index in [-0.39, 0.29) is 0 Å². The number of methoxy groups -OCH3 is 1. The molecule has 4 heteroatoms. The van der Waals surface area contributed by atoms with Crippen LogP contribution in [-0.4, -0.2) is 17.1 Å². The number of hydrogen-bond acceptors (Lipinski definition) is 4. The summed E-state index contributed by atoms with van der Waals surface area (Å²) in [5.74, 6) is 1.62. The van der Waals surface area contributed by atoms with Gasteiger partial charge in [0.2, 0.25) is 0 Å². The van der Waals surface area contributed by atoms with Gasteiger partial charge in [-0.25, -0.2) is 4.98 Å². The number of para-hydroxylation sites is 1. The zero-order chi connectivity index (χ0) is 14.7. The van der Waals surface area contributed by atoms with Gasteiger partial charge in [0, 0.05) is 11.6 Å². The van der Waals surface area contributed by atoms with Gasteiger partial charge in [0.15, 0.2) is 0 Å². The second-order valence-electron chi connectivity index (χ2n) is 4.86. The van der Waals surface area contributed by atoms with E-state index >= 15 is 0 Å². The predicted molar refractivity (Wildman–Crippen MR) is 84.6 cm³/mol. The first-order valence-electron chi connectivity index (χ1n) is 6.86. The number of ether oxygens (including phenoxy) is 1. The van der Waals surface area contributed by atoms with Crippen molar-refractivity contribution in [2.24, 2.45) is 0 Å². The number of aromatic nitrogens is 2. The van der Waals surface area contributed by atoms with Crippen LogP contribution in [0.1, 0.15) is 11.3 Å². The Labute approximate surface area is 123 Å². The van der Waals surface area contributed by atoms with Crippen molar-refractivity contribution in [1.82, 2.24) is 9.97 Å². The molecule has 0 atom stereocenters. The summed E-state index contributed by atoms with van der Waals surface area (Å²) in [4.78, 5) is 8.96. The third kappa shape index (κ3) is 2.79. The van der Waals surface area contributed by atoms with Crippen molar-refractivity contribution in [3.8, 4) is 5.75 Å². The molecule has 0 aliphatic carbocycles. The van der Waals surface area contributed by atoms with E-state index in [2.05, 4.69) is 28.3 Å². The SMILES string of the molecule is COc1cccc2c(C)cc(NCc3ccccn3)nc12. The Morgan fingerprint density at radius 3 is 2.81 bits per heavy atom. The second-order valence-corrected chi connectivity index (χ2v) is 4.86. The summed E-state index contributed by atoms with van der Waals surface area (Å²) in [6, 6.07) is 13.9. The first-order valence-corrected chi connectivity index (χ1v) is 6.86. The van der Waals surface area contributed by atoms with Gasteiger partial charge in [-0.3, -0.25) is 4.98 Å². The third-order valence-corrected chi connectivity index (χ3v) is 3.41. The van der Waals surface area contributed by atoms with Gasteiger partial charge in [-0.1, -0.05) is 18.2 Å². The second kappa shape index (κ2) is 5.79. The predicted octanol–water partition coefficient (Wildman–Crippen LogP) is 3.56. The standard InChI is InChI=1S/C17H17N3O/c1-12-10-16(19-11-13-6-3-4-9-18-13)20-17-14(12)7-5-8-15(17)21-2/h3-10H,11H2,1-2H3,(H,19,20). The van der Waals surface area contributed by atoms with Crippen LogP contribution >= 0.6 is 0 Å². The van der Waals surface area contributed by atoms with Crippen molar-refractivity contribution in [2.45, 2.75) is 13.5 Å². The van der Waals surface area contributed by atoms with Gasteiger partial charge in [-0.15, -0.1) is 0 Å². The van der Waals surface area contributed by atoms with E-state index in [0.717, 1.165) is 28.2 Å². The van der Waals surface area contributed by atoms with E-state index in [0.29, 0.717) is 6.54 Å². The van der Waals surface area contributed by atoms with Crippen molar-refractivity contribution in [1.29, 1.82) is 0 Å². The lowest BCUT2D eigenvalue weighted by Crippen LogP contribution is -2.03. The lowest BCUT2D eigenvalue weighted by Gasteiger charge is -2.11. The normalized spacial score (nSPS) is 10.6. The van der Waals surface area contributed by atoms with Crippen molar-refractivity contribution in [3.05, 3.63) is 59.9 Å². The molecule has 3 rings (SSSR count). The van der Waals surface area contributed by atoms with E-state index in [1.807, 2.05) is 36.4 Å². The molecule has 0 aliphatic heterocycles. The highest BCUT2D eigenvalue weighted by molar-refractivity contribution is 5.88. The molecule has 3 aromatic rings. The van der Waals surface area contributed by atoms with Gasteiger partial charge < -0.3 is 10.1 Å². The number of fused-ring (bicyclic) bond motifs is 1. The topological polar surface area (TPSA) is 47.0 Å². The molecule has 21 heavy (non-hydrogen) atoms. The van der Waals surface area contributed by atoms with Crippen molar-refractivity contribution in [3.63, 3.8) is 0 Å². The summed E-state index contributed by atoms with van der Waals surface area (Å²) in [5.41, 5.74) is 3.03. The van der Waals surface area contributed by atoms with E-state index in [9.17, 15) is 0 Å². The van der Waals surface area contributed by atoms with Gasteiger partial charge in [-0.2, -0.15) is 0 Å². The zero-order valence-corrected chi connectivity index (χ0v) is 12.1. The van der Waals surface area contributed by atoms with Crippen LogP contribution in [0.3, 0.4) is 0 Å². The van der Waals surface area contributed by atoms with E-state index in [1.165, 1.54) is 5.56 Å². The van der Waals surface area contributed by atoms with Crippen LogP contribution in [0.15, 0.2) is 48.7 Å². The van der Waals surface area contributed by atoms with Gasteiger partial charge in [-0.05, 0) is 36.8 Å². The van der Waals surface area contributed by atoms with Gasteiger partial charge in [0.1, 0.15) is 17.1 Å². The summed E-state index contributed by atoms with van der Waals surface area (Å²) in [5, 5.41) is 4.43. The van der Waals surface area contributed by atoms with E-state index < -0.39 is 0 Å². The molecule has 106 valence electrons. The minimum Gasteiger partial charge on any atom is -0.494 e. The molecule has 1 N–H and O–H groups in total. The van der Waals surface area contributed by atoms with Crippen LogP contribution in [0.4, 0.5) is 5.82 Å². The lowest BCUT2D eigenvalue weighted by atomic mass is 10.1. The molecule has 1 aromatic carbocycles. The smallest absolute Gasteiger partial charge is 0.145 e. The van der Waals surface area contributed by atoms with E-state index in [4.69, 9.17) is 4.74 Å². The summed E-state index contributed by atoms with van der Waals surface area (Å²) in [7, 11) is 1.67. The number of nitrogens with zero attached hydrogens (tertiary/aromatic N) is 2. The van der Waals surface area contributed by atoms with Crippen molar-refractivity contribution < 1.29 is 4.74 Å². The van der Waals surface area contributed by atoms with Crippen molar-refractivity contribution >= 4 is 16.7 Å². The number of hydrogen-bond donors (Lipinski definition) is 1. The Hall–Kier alpha value is -2.62. The number of aryl methyl sites for hydroxylation is 1. The minimum atomic E-state index is 0.647. The van der Waals surface area contributed by atoms with Gasteiger partial charge in [0.25, 0.3) is 0 Å². The van der Waals surface area contributed by atoms with Crippen LogP contribution in [0, 0.1) is 6.92 Å². The third-order valence-electron chi connectivity index (χ3n) is 3.41. The zero-order valence-electron chi connectivity index (χ0n) is 12.1. The van der Waals surface area contributed by atoms with Gasteiger partial charge >= 0.3 is 0 Å². The van der Waals surface area contributed by atoms with Crippen molar-refractivity contribution in [2.75, 3.05) is 12.4 Å². The van der Waals surface area contributed by atoms with Crippen LogP contribution in [0.5, 0.6) is 5.75 Å². The molecule has 2 aromatic heterocycles. The average molecular weight is 279 g/mol. The molecule has 0 unspecified atom stereocenters. The molecule has 0 fully saturated rings.